The largest absolute Gasteiger partial charge is 0.507 e. The van der Waals surface area contributed by atoms with E-state index in [-0.39, 0.29) is 84.2 Å². The van der Waals surface area contributed by atoms with Gasteiger partial charge in [-0.2, -0.15) is 0 Å². The molecule has 0 spiro atoms. The molecule has 0 aliphatic heterocycles. The topological polar surface area (TPSA) is 158 Å². The quantitative estimate of drug-likeness (QED) is 0.0534. The number of hydrogen-bond acceptors (Lipinski definition) is 8. The van der Waals surface area contributed by atoms with Gasteiger partial charge in [0.05, 0.1) is 13.2 Å². The van der Waals surface area contributed by atoms with Crippen molar-refractivity contribution in [2.75, 3.05) is 39.5 Å². The molecule has 0 fully saturated rings. The van der Waals surface area contributed by atoms with E-state index in [1.54, 1.807) is 0 Å². The third kappa shape index (κ3) is 14.5. The SMILES string of the molecule is CC(C)(C)c1cc2c(O)c(c1)Cc1cc(C(C)(C)C)cc(c1OCCCC(=O)NCCCO)Cc1cc(C(C)(C)C)cc(c1O)Cc1cc(C(C)(C)C)cc(c1OCCCC(=O)NCCCO)C2. The molecule has 1 aliphatic carbocycles. The number of amides is 2. The lowest BCUT2D eigenvalue weighted by atomic mass is 9.79. The van der Waals surface area contributed by atoms with Gasteiger partial charge in [-0.1, -0.05) is 132 Å². The molecule has 4 aromatic carbocycles. The minimum Gasteiger partial charge on any atom is -0.507 e. The van der Waals surface area contributed by atoms with E-state index in [4.69, 9.17) is 9.47 Å². The second-order valence-corrected chi connectivity index (χ2v) is 23.0. The van der Waals surface area contributed by atoms with Crippen molar-refractivity contribution in [1.29, 1.82) is 0 Å². The molecule has 0 aromatic heterocycles. The van der Waals surface area contributed by atoms with Gasteiger partial charge in [0.2, 0.25) is 11.8 Å². The Bertz CT molecular complexity index is 2130. The van der Waals surface area contributed by atoms with Crippen molar-refractivity contribution < 1.29 is 39.5 Å². The van der Waals surface area contributed by atoms with Crippen LogP contribution in [0, 0.1) is 0 Å². The van der Waals surface area contributed by atoms with Crippen LogP contribution >= 0.6 is 0 Å². The van der Waals surface area contributed by atoms with E-state index in [9.17, 15) is 30.0 Å². The number of hydrogen-bond donors (Lipinski definition) is 6. The van der Waals surface area contributed by atoms with Gasteiger partial charge >= 0.3 is 0 Å². The lowest BCUT2D eigenvalue weighted by Gasteiger charge is -2.28. The van der Waals surface area contributed by atoms with E-state index in [0.717, 1.165) is 66.8 Å². The molecule has 372 valence electrons. The van der Waals surface area contributed by atoms with Crippen LogP contribution in [0.25, 0.3) is 0 Å². The number of carbonyl (C=O) groups excluding carboxylic acids is 2. The summed E-state index contributed by atoms with van der Waals surface area (Å²) < 4.78 is 13.6. The summed E-state index contributed by atoms with van der Waals surface area (Å²) in [6.45, 7) is 27.7. The average Bonchev–Trinajstić information content (AvgIpc) is 3.23. The summed E-state index contributed by atoms with van der Waals surface area (Å²) in [6, 6.07) is 17.3. The number of rotatable bonds is 16. The van der Waals surface area contributed by atoms with Gasteiger partial charge in [-0.05, 0) is 114 Å². The smallest absolute Gasteiger partial charge is 0.220 e. The Hall–Kier alpha value is -5.06. The van der Waals surface area contributed by atoms with E-state index in [2.05, 4.69) is 142 Å². The van der Waals surface area contributed by atoms with Crippen molar-refractivity contribution in [2.45, 2.75) is 169 Å². The van der Waals surface area contributed by atoms with Crippen LogP contribution in [-0.2, 0) is 56.9 Å². The number of aromatic hydroxyl groups is 2. The van der Waals surface area contributed by atoms with Gasteiger partial charge in [0.1, 0.15) is 23.0 Å². The summed E-state index contributed by atoms with van der Waals surface area (Å²) in [6.07, 6.45) is 3.97. The maximum Gasteiger partial charge on any atom is 0.220 e. The van der Waals surface area contributed by atoms with Gasteiger partial charge < -0.3 is 40.5 Å². The zero-order valence-electron chi connectivity index (χ0n) is 43.4. The van der Waals surface area contributed by atoms with Crippen molar-refractivity contribution in [3.8, 4) is 23.0 Å². The first kappa shape index (κ1) is 53.9. The summed E-state index contributed by atoms with van der Waals surface area (Å²) in [4.78, 5) is 25.4. The molecule has 5 rings (SSSR count). The fourth-order valence-corrected chi connectivity index (χ4v) is 8.62. The fraction of sp³-hybridized carbons (Fsp3) is 0.552. The Labute approximate surface area is 407 Å². The molecule has 10 heteroatoms. The van der Waals surface area contributed by atoms with Crippen molar-refractivity contribution in [2.24, 2.45) is 0 Å². The summed E-state index contributed by atoms with van der Waals surface area (Å²) in [7, 11) is 0. The van der Waals surface area contributed by atoms with Crippen LogP contribution in [0.3, 0.4) is 0 Å². The van der Waals surface area contributed by atoms with Crippen molar-refractivity contribution in [3.05, 3.63) is 115 Å². The number of ether oxygens (including phenoxy) is 2. The molecule has 0 heterocycles. The van der Waals surface area contributed by atoms with Crippen LogP contribution in [0.4, 0.5) is 0 Å². The minimum absolute atomic E-state index is 0.0157. The van der Waals surface area contributed by atoms with Crippen molar-refractivity contribution in [3.63, 3.8) is 0 Å². The van der Waals surface area contributed by atoms with Crippen LogP contribution in [0.2, 0.25) is 0 Å². The zero-order valence-corrected chi connectivity index (χ0v) is 43.4. The first-order chi connectivity index (χ1) is 31.8. The molecule has 8 bridgehead atoms. The Balaban J connectivity index is 1.78. The summed E-state index contributed by atoms with van der Waals surface area (Å²) >= 11 is 0. The second-order valence-electron chi connectivity index (χ2n) is 23.0. The van der Waals surface area contributed by atoms with Crippen LogP contribution in [0.5, 0.6) is 23.0 Å². The van der Waals surface area contributed by atoms with Crippen molar-refractivity contribution in [1.82, 2.24) is 10.6 Å². The zero-order chi connectivity index (χ0) is 50.2. The molecule has 10 nitrogen and oxygen atoms in total. The molecule has 4 aromatic rings. The Morgan fingerprint density at radius 3 is 0.926 bits per heavy atom. The number of phenols is 2. The van der Waals surface area contributed by atoms with Gasteiger partial charge in [-0.3, -0.25) is 9.59 Å². The molecule has 6 N–H and O–H groups in total. The Morgan fingerprint density at radius 2 is 0.691 bits per heavy atom. The predicted molar refractivity (Wildman–Crippen MR) is 274 cm³/mol. The van der Waals surface area contributed by atoms with Gasteiger partial charge in [0, 0.05) is 64.8 Å². The monoisotopic (exact) mass is 935 g/mol. The lowest BCUT2D eigenvalue weighted by Crippen LogP contribution is -2.25. The van der Waals surface area contributed by atoms with E-state index < -0.39 is 0 Å². The van der Waals surface area contributed by atoms with E-state index in [1.807, 2.05) is 0 Å². The predicted octanol–water partition coefficient (Wildman–Crippen LogP) is 10.3. The first-order valence-electron chi connectivity index (χ1n) is 24.8. The number of benzene rings is 4. The van der Waals surface area contributed by atoms with Crippen LogP contribution in [0.1, 0.15) is 188 Å². The van der Waals surface area contributed by atoms with Crippen LogP contribution < -0.4 is 20.1 Å². The number of aliphatic hydroxyl groups is 2. The highest BCUT2D eigenvalue weighted by molar-refractivity contribution is 5.76. The van der Waals surface area contributed by atoms with Gasteiger partial charge in [-0.25, -0.2) is 0 Å². The number of fused-ring (bicyclic) bond motifs is 8. The normalized spacial score (nSPS) is 13.3. The third-order valence-corrected chi connectivity index (χ3v) is 12.9. The van der Waals surface area contributed by atoms with Crippen molar-refractivity contribution >= 4 is 11.8 Å². The molecule has 0 radical (unpaired) electrons. The number of phenolic OH excluding ortho intramolecular Hbond substituents is 2. The molecular weight excluding hydrogens is 853 g/mol. The fourth-order valence-electron chi connectivity index (χ4n) is 8.62. The summed E-state index contributed by atoms with van der Waals surface area (Å²) in [5, 5.41) is 49.3. The molecule has 0 atom stereocenters. The highest BCUT2D eigenvalue weighted by Gasteiger charge is 2.29. The van der Waals surface area contributed by atoms with E-state index >= 15 is 0 Å². The molecular formula is C58H82N2O8. The Kier molecular flexibility index (Phi) is 17.9. The molecule has 1 aliphatic rings. The Morgan fingerprint density at radius 1 is 0.441 bits per heavy atom. The highest BCUT2D eigenvalue weighted by atomic mass is 16.5. The van der Waals surface area contributed by atoms with Crippen LogP contribution in [0.15, 0.2) is 48.5 Å². The first-order valence-corrected chi connectivity index (χ1v) is 24.8. The van der Waals surface area contributed by atoms with Gasteiger partial charge in [0.25, 0.3) is 0 Å². The molecule has 68 heavy (non-hydrogen) atoms. The maximum atomic E-state index is 12.7. The second kappa shape index (κ2) is 22.6. The van der Waals surface area contributed by atoms with Gasteiger partial charge in [0.15, 0.2) is 0 Å². The number of nitrogens with one attached hydrogen (secondary N) is 2. The molecule has 2 amide bonds. The summed E-state index contributed by atoms with van der Waals surface area (Å²) in [5.41, 5.74) is 10.1. The molecule has 0 unspecified atom stereocenters. The van der Waals surface area contributed by atoms with Crippen LogP contribution in [-0.4, -0.2) is 71.8 Å². The summed E-state index contributed by atoms with van der Waals surface area (Å²) in [5.74, 6) is 1.62. The lowest BCUT2D eigenvalue weighted by molar-refractivity contribution is -0.122. The standard InChI is InChI=1S/C58H82N2O8/c1-55(2,3)45-29-37-25-41-33-47(57(7,8)9)35-43(53(41)67-23-13-17-49(63)59-19-15-21-61)27-39-31-46(56(4,5)6)32-40(52(39)66)28-44-36-48(58(10,11)12)34-42(26-38(30-45)51(37)65)54(44)68-24-14-18-50(64)60-20-16-22-62/h29-36,61-62,65-66H,13-28H2,1-12H3,(H,59,63)(H,60,64). The minimum atomic E-state index is -0.256. The van der Waals surface area contributed by atoms with Gasteiger partial charge in [-0.15, -0.1) is 0 Å². The average molecular weight is 935 g/mol. The highest BCUT2D eigenvalue weighted by Crippen LogP contribution is 2.44. The number of aliphatic hydroxyl groups excluding tert-OH is 2. The maximum absolute atomic E-state index is 12.7. The van der Waals surface area contributed by atoms with E-state index in [0.29, 0.717) is 76.0 Å². The third-order valence-electron chi connectivity index (χ3n) is 12.9. The van der Waals surface area contributed by atoms with E-state index in [1.165, 1.54) is 0 Å². The number of carbonyl (C=O) groups is 2. The molecule has 0 saturated heterocycles. The molecule has 0 saturated carbocycles.